The molecule has 4 bridgehead atoms. The predicted molar refractivity (Wildman–Crippen MR) is 117 cm³/mol. The highest BCUT2D eigenvalue weighted by atomic mass is 16.6. The maximum Gasteiger partial charge on any atom is 0.339 e. The van der Waals surface area contributed by atoms with E-state index in [1.807, 2.05) is 0 Å². The smallest absolute Gasteiger partial charge is 0.339 e. The summed E-state index contributed by atoms with van der Waals surface area (Å²) in [5.74, 6) is -4.51. The summed E-state index contributed by atoms with van der Waals surface area (Å²) >= 11 is 0. The first-order valence-corrected chi connectivity index (χ1v) is 11.6. The summed E-state index contributed by atoms with van der Waals surface area (Å²) < 4.78 is 25.1. The maximum atomic E-state index is 13.7. The highest BCUT2D eigenvalue weighted by molar-refractivity contribution is 6.25. The third kappa shape index (κ3) is 3.32. The van der Waals surface area contributed by atoms with E-state index in [0.29, 0.717) is 37.0 Å². The van der Waals surface area contributed by atoms with E-state index in [2.05, 4.69) is 0 Å². The van der Waals surface area contributed by atoms with Gasteiger partial charge in [0, 0.05) is 0 Å². The fraction of sp³-hybridized carbons (Fsp3) is 0.640. The van der Waals surface area contributed by atoms with Crippen LogP contribution in [-0.4, -0.2) is 65.4 Å². The van der Waals surface area contributed by atoms with Gasteiger partial charge < -0.3 is 23.7 Å². The molecule has 0 aromatic rings. The van der Waals surface area contributed by atoms with E-state index < -0.39 is 51.8 Å². The number of rotatable bonds is 6. The molecule has 10 nitrogen and oxygen atoms in total. The van der Waals surface area contributed by atoms with Crippen molar-refractivity contribution in [2.24, 2.45) is 28.6 Å². The summed E-state index contributed by atoms with van der Waals surface area (Å²) in [6.45, 7) is 0. The fourth-order valence-electron chi connectivity index (χ4n) is 7.60. The monoisotopic (exact) mass is 490 g/mol. The average molecular weight is 491 g/mol. The van der Waals surface area contributed by atoms with E-state index in [1.54, 1.807) is 0 Å². The quantitative estimate of drug-likeness (QED) is 0.308. The van der Waals surface area contributed by atoms with Crippen LogP contribution >= 0.6 is 0 Å². The fourth-order valence-corrected chi connectivity index (χ4v) is 7.60. The van der Waals surface area contributed by atoms with Gasteiger partial charge in [-0.2, -0.15) is 0 Å². The molecule has 0 aliphatic heterocycles. The lowest BCUT2D eigenvalue weighted by Crippen LogP contribution is -2.55. The molecule has 0 atom stereocenters. The summed E-state index contributed by atoms with van der Waals surface area (Å²) in [6.07, 6.45) is 4.83. The summed E-state index contributed by atoms with van der Waals surface area (Å²) in [5, 5.41) is 0. The van der Waals surface area contributed by atoms with Crippen LogP contribution < -0.4 is 0 Å². The Morgan fingerprint density at radius 1 is 0.600 bits per heavy atom. The zero-order chi connectivity index (χ0) is 25.7. The van der Waals surface area contributed by atoms with Gasteiger partial charge in [-0.25, -0.2) is 14.4 Å². The first kappa shape index (κ1) is 24.9. The Hall–Kier alpha value is -3.17. The number of hydrogen-bond donors (Lipinski definition) is 0. The van der Waals surface area contributed by atoms with Crippen molar-refractivity contribution in [2.75, 3.05) is 35.5 Å². The van der Waals surface area contributed by atoms with Gasteiger partial charge in [0.15, 0.2) is 0 Å². The number of hydrogen-bond acceptors (Lipinski definition) is 10. The van der Waals surface area contributed by atoms with Gasteiger partial charge in [0.05, 0.1) is 52.3 Å². The molecule has 0 aromatic carbocycles. The van der Waals surface area contributed by atoms with Crippen molar-refractivity contribution in [1.29, 1.82) is 0 Å². The van der Waals surface area contributed by atoms with E-state index in [-0.39, 0.29) is 11.1 Å². The number of carbonyl (C=O) groups excluding carboxylic acids is 5. The second-order valence-corrected chi connectivity index (χ2v) is 9.91. The molecule has 0 heterocycles. The molecule has 0 unspecified atom stereocenters. The van der Waals surface area contributed by atoms with Crippen LogP contribution in [-0.2, 0) is 47.7 Å². The normalized spacial score (nSPS) is 30.1. The standard InChI is InChI=1S/C25H30O10/c1-31-19(26)15-16(20(27)32-2)18(24-9-12-6-13(10-24)8-14(7-12)11-24)25(22(29)34-4,23(30)35-5)17(15)21(28)33-3/h12-14H,6-11H2,1-5H3. The summed E-state index contributed by atoms with van der Waals surface area (Å²) in [6, 6.07) is 0. The highest BCUT2D eigenvalue weighted by Crippen LogP contribution is 2.69. The van der Waals surface area contributed by atoms with E-state index in [0.717, 1.165) is 54.8 Å². The van der Waals surface area contributed by atoms with Gasteiger partial charge in [-0.3, -0.25) is 9.59 Å². The Bertz CT molecular complexity index is 1010. The van der Waals surface area contributed by atoms with Crippen LogP contribution in [0.1, 0.15) is 38.5 Å². The van der Waals surface area contributed by atoms with Gasteiger partial charge in [-0.05, 0) is 67.3 Å². The van der Waals surface area contributed by atoms with Gasteiger partial charge in [-0.1, -0.05) is 0 Å². The highest BCUT2D eigenvalue weighted by Gasteiger charge is 2.70. The maximum absolute atomic E-state index is 13.7. The molecule has 0 amide bonds. The van der Waals surface area contributed by atoms with E-state index in [1.165, 1.54) is 0 Å². The van der Waals surface area contributed by atoms with Gasteiger partial charge in [0.1, 0.15) is 0 Å². The largest absolute Gasteiger partial charge is 0.468 e. The van der Waals surface area contributed by atoms with Crippen LogP contribution in [0.15, 0.2) is 22.3 Å². The van der Waals surface area contributed by atoms with Crippen LogP contribution in [0, 0.1) is 28.6 Å². The average Bonchev–Trinajstić information content (AvgIpc) is 3.19. The van der Waals surface area contributed by atoms with Crippen molar-refractivity contribution in [3.05, 3.63) is 22.3 Å². The van der Waals surface area contributed by atoms with Gasteiger partial charge in [0.2, 0.25) is 5.41 Å². The van der Waals surface area contributed by atoms with Crippen LogP contribution in [0.3, 0.4) is 0 Å². The summed E-state index contributed by atoms with van der Waals surface area (Å²) in [7, 11) is 5.36. The molecule has 5 aliphatic rings. The molecule has 0 spiro atoms. The summed E-state index contributed by atoms with van der Waals surface area (Å²) in [5.41, 5.74) is -4.80. The molecule has 0 radical (unpaired) electrons. The molecular formula is C25H30O10. The minimum absolute atomic E-state index is 0.0375. The first-order chi connectivity index (χ1) is 16.6. The van der Waals surface area contributed by atoms with Crippen LogP contribution in [0.4, 0.5) is 0 Å². The number of carbonyl (C=O) groups is 5. The molecule has 35 heavy (non-hydrogen) atoms. The molecule has 10 heteroatoms. The topological polar surface area (TPSA) is 132 Å². The second-order valence-electron chi connectivity index (χ2n) is 9.91. The Morgan fingerprint density at radius 3 is 1.37 bits per heavy atom. The number of methoxy groups -OCH3 is 5. The molecule has 4 saturated carbocycles. The Labute approximate surface area is 202 Å². The van der Waals surface area contributed by atoms with Gasteiger partial charge in [-0.15, -0.1) is 0 Å². The molecular weight excluding hydrogens is 460 g/mol. The molecule has 0 aromatic heterocycles. The van der Waals surface area contributed by atoms with Crippen molar-refractivity contribution in [1.82, 2.24) is 0 Å². The molecule has 5 rings (SSSR count). The van der Waals surface area contributed by atoms with Crippen molar-refractivity contribution < 1.29 is 47.7 Å². The third-order valence-corrected chi connectivity index (χ3v) is 8.22. The minimum Gasteiger partial charge on any atom is -0.468 e. The molecule has 0 N–H and O–H groups in total. The lowest BCUT2D eigenvalue weighted by molar-refractivity contribution is -0.167. The van der Waals surface area contributed by atoms with Crippen molar-refractivity contribution in [2.45, 2.75) is 38.5 Å². The van der Waals surface area contributed by atoms with Crippen molar-refractivity contribution in [3.63, 3.8) is 0 Å². The van der Waals surface area contributed by atoms with E-state index in [9.17, 15) is 24.0 Å². The molecule has 0 saturated heterocycles. The number of ether oxygens (including phenoxy) is 5. The minimum atomic E-state index is -2.52. The van der Waals surface area contributed by atoms with Crippen molar-refractivity contribution in [3.8, 4) is 0 Å². The van der Waals surface area contributed by atoms with Gasteiger partial charge >= 0.3 is 29.8 Å². The zero-order valence-electron chi connectivity index (χ0n) is 20.6. The Kier molecular flexibility index (Phi) is 6.27. The molecule has 5 aliphatic carbocycles. The third-order valence-electron chi connectivity index (χ3n) is 8.22. The SMILES string of the molecule is COC(=O)C1=C(C(=O)OC)C(C(=O)OC)(C(=O)OC)C(C23CC4CC(CC(C4)C2)C3)=C1C(=O)OC. The van der Waals surface area contributed by atoms with Gasteiger partial charge in [0.25, 0.3) is 0 Å². The number of esters is 5. The summed E-state index contributed by atoms with van der Waals surface area (Å²) in [4.78, 5) is 67.1. The van der Waals surface area contributed by atoms with Crippen LogP contribution in [0.2, 0.25) is 0 Å². The lowest BCUT2D eigenvalue weighted by atomic mass is 9.45. The van der Waals surface area contributed by atoms with Crippen molar-refractivity contribution >= 4 is 29.8 Å². The molecule has 190 valence electrons. The Morgan fingerprint density at radius 2 is 1.00 bits per heavy atom. The lowest BCUT2D eigenvalue weighted by Gasteiger charge is -2.59. The Balaban J connectivity index is 2.17. The second kappa shape index (κ2) is 8.80. The zero-order valence-corrected chi connectivity index (χ0v) is 20.6. The van der Waals surface area contributed by atoms with E-state index in [4.69, 9.17) is 23.7 Å². The predicted octanol–water partition coefficient (Wildman–Crippen LogP) is 1.66. The van der Waals surface area contributed by atoms with Crippen LogP contribution in [0.5, 0.6) is 0 Å². The molecule has 4 fully saturated rings. The van der Waals surface area contributed by atoms with E-state index >= 15 is 0 Å². The van der Waals surface area contributed by atoms with Crippen LogP contribution in [0.25, 0.3) is 0 Å². The first-order valence-electron chi connectivity index (χ1n) is 11.6.